The van der Waals surface area contributed by atoms with Crippen LogP contribution in [0.25, 0.3) is 0 Å². The molecule has 1 rings (SSSR count). The number of rotatable bonds is 1. The minimum Gasteiger partial charge on any atom is -0.508 e. The van der Waals surface area contributed by atoms with Crippen LogP contribution in [0.2, 0.25) is 0 Å². The number of phenolic OH excluding ortho intramolecular Hbond substituents is 1. The Hall–Kier alpha value is -1.42. The Morgan fingerprint density at radius 2 is 2.10 bits per heavy atom. The number of hydrogen-bond acceptors (Lipinski definition) is 4. The van der Waals surface area contributed by atoms with E-state index in [4.69, 9.17) is 16.7 Å². The molecule has 4 heteroatoms. The van der Waals surface area contributed by atoms with Crippen LogP contribution in [0, 0.1) is 0 Å². The smallest absolute Gasteiger partial charge is 0.169 e. The second kappa shape index (κ2) is 2.45. The van der Waals surface area contributed by atoms with Crippen molar-refractivity contribution in [1.29, 1.82) is 0 Å². The van der Waals surface area contributed by atoms with E-state index in [0.29, 0.717) is 11.4 Å². The van der Waals surface area contributed by atoms with E-state index in [2.05, 4.69) is 4.84 Å². The Labute approximate surface area is 58.0 Å². The summed E-state index contributed by atoms with van der Waals surface area (Å²) in [7, 11) is 0. The zero-order valence-electron chi connectivity index (χ0n) is 5.24. The first kappa shape index (κ1) is 6.70. The van der Waals surface area contributed by atoms with E-state index in [-0.39, 0.29) is 5.75 Å². The van der Waals surface area contributed by atoms with E-state index in [9.17, 15) is 0 Å². The maximum Gasteiger partial charge on any atom is 0.169 e. The molecule has 0 aliphatic carbocycles. The van der Waals surface area contributed by atoms with E-state index < -0.39 is 0 Å². The lowest BCUT2D eigenvalue weighted by Gasteiger charge is -2.01. The van der Waals surface area contributed by atoms with Crippen LogP contribution in [0.4, 0.5) is 5.69 Å². The predicted molar refractivity (Wildman–Crippen MR) is 37.3 cm³/mol. The first-order valence-electron chi connectivity index (χ1n) is 2.69. The Morgan fingerprint density at radius 3 is 2.60 bits per heavy atom. The summed E-state index contributed by atoms with van der Waals surface area (Å²) in [4.78, 5) is 4.36. The zero-order chi connectivity index (χ0) is 7.56. The normalized spacial score (nSPS) is 9.30. The molecule has 0 heterocycles. The molecule has 0 spiro atoms. The minimum absolute atomic E-state index is 0.0956. The van der Waals surface area contributed by atoms with Crippen LogP contribution >= 0.6 is 0 Å². The third kappa shape index (κ3) is 1.11. The molecule has 0 aliphatic heterocycles. The van der Waals surface area contributed by atoms with E-state index in [0.717, 1.165) is 0 Å². The molecule has 0 saturated carbocycles. The van der Waals surface area contributed by atoms with Gasteiger partial charge in [-0.3, -0.25) is 0 Å². The largest absolute Gasteiger partial charge is 0.508 e. The fourth-order valence-corrected chi connectivity index (χ4v) is 0.643. The van der Waals surface area contributed by atoms with Gasteiger partial charge in [-0.2, -0.15) is 5.90 Å². The Bertz CT molecular complexity index is 237. The molecule has 0 radical (unpaired) electrons. The number of hydrogen-bond donors (Lipinski definition) is 3. The standard InChI is InChI=1S/C6H8N2O2/c7-5-3-4(9)1-2-6(5)10-8/h1-3,9H,7-8H2. The zero-order valence-corrected chi connectivity index (χ0v) is 5.24. The predicted octanol–water partition coefficient (Wildman–Crippen LogP) is 0.227. The SMILES string of the molecule is NOc1ccc(O)cc1N. The first-order chi connectivity index (χ1) is 4.74. The molecule has 5 N–H and O–H groups in total. The molecular formula is C6H8N2O2. The first-order valence-corrected chi connectivity index (χ1v) is 2.69. The second-order valence-electron chi connectivity index (χ2n) is 1.84. The van der Waals surface area contributed by atoms with Gasteiger partial charge in [0.25, 0.3) is 0 Å². The topological polar surface area (TPSA) is 81.5 Å². The molecule has 0 unspecified atom stereocenters. The van der Waals surface area contributed by atoms with Crippen LogP contribution in [-0.4, -0.2) is 5.11 Å². The summed E-state index contributed by atoms with van der Waals surface area (Å²) < 4.78 is 0. The average molecular weight is 140 g/mol. The molecule has 0 aliphatic rings. The lowest BCUT2D eigenvalue weighted by molar-refractivity contribution is 0.335. The van der Waals surface area contributed by atoms with Crippen molar-refractivity contribution in [2.24, 2.45) is 5.90 Å². The maximum atomic E-state index is 8.86. The Morgan fingerprint density at radius 1 is 1.40 bits per heavy atom. The fourth-order valence-electron chi connectivity index (χ4n) is 0.643. The molecule has 1 aromatic carbocycles. The molecule has 4 nitrogen and oxygen atoms in total. The van der Waals surface area contributed by atoms with E-state index in [1.807, 2.05) is 0 Å². The summed E-state index contributed by atoms with van der Waals surface area (Å²) in [5.74, 6) is 5.29. The van der Waals surface area contributed by atoms with Gasteiger partial charge in [-0.25, -0.2) is 0 Å². The third-order valence-electron chi connectivity index (χ3n) is 1.12. The molecule has 0 saturated heterocycles. The summed E-state index contributed by atoms with van der Waals surface area (Å²) in [6.45, 7) is 0. The van der Waals surface area contributed by atoms with Crippen LogP contribution in [0.15, 0.2) is 18.2 Å². The highest BCUT2D eigenvalue weighted by Gasteiger charge is 1.98. The van der Waals surface area contributed by atoms with Crippen molar-refractivity contribution in [1.82, 2.24) is 0 Å². The number of phenols is 1. The number of aromatic hydroxyl groups is 1. The molecule has 0 bridgehead atoms. The highest BCUT2D eigenvalue weighted by molar-refractivity contribution is 5.55. The van der Waals surface area contributed by atoms with Gasteiger partial charge in [-0.1, -0.05) is 0 Å². The third-order valence-corrected chi connectivity index (χ3v) is 1.12. The molecule has 54 valence electrons. The number of nitrogen functional groups attached to an aromatic ring is 1. The van der Waals surface area contributed by atoms with Crippen LogP contribution in [0.1, 0.15) is 0 Å². The summed E-state index contributed by atoms with van der Waals surface area (Å²) in [5.41, 5.74) is 5.69. The van der Waals surface area contributed by atoms with E-state index >= 15 is 0 Å². The van der Waals surface area contributed by atoms with Gasteiger partial charge in [0.05, 0.1) is 5.69 Å². The summed E-state index contributed by atoms with van der Waals surface area (Å²) >= 11 is 0. The quantitative estimate of drug-likeness (QED) is 0.385. The van der Waals surface area contributed by atoms with Gasteiger partial charge in [0.2, 0.25) is 0 Å². The highest BCUT2D eigenvalue weighted by Crippen LogP contribution is 2.23. The number of benzene rings is 1. The summed E-state index contributed by atoms with van der Waals surface area (Å²) in [6, 6.07) is 4.30. The fraction of sp³-hybridized carbons (Fsp3) is 0. The van der Waals surface area contributed by atoms with Gasteiger partial charge < -0.3 is 15.7 Å². The van der Waals surface area contributed by atoms with Crippen LogP contribution in [0.3, 0.4) is 0 Å². The summed E-state index contributed by atoms with van der Waals surface area (Å²) in [6.07, 6.45) is 0. The van der Waals surface area contributed by atoms with Crippen LogP contribution in [-0.2, 0) is 0 Å². The Kier molecular flexibility index (Phi) is 1.64. The van der Waals surface area contributed by atoms with Gasteiger partial charge in [-0.05, 0) is 12.1 Å². The van der Waals surface area contributed by atoms with Gasteiger partial charge in [0, 0.05) is 6.07 Å². The molecule has 0 fully saturated rings. The minimum atomic E-state index is 0.0956. The van der Waals surface area contributed by atoms with Crippen molar-refractivity contribution in [3.8, 4) is 11.5 Å². The van der Waals surface area contributed by atoms with Crippen molar-refractivity contribution < 1.29 is 9.94 Å². The van der Waals surface area contributed by atoms with Crippen LogP contribution in [0.5, 0.6) is 11.5 Å². The van der Waals surface area contributed by atoms with Crippen molar-refractivity contribution >= 4 is 5.69 Å². The maximum absolute atomic E-state index is 8.86. The second-order valence-corrected chi connectivity index (χ2v) is 1.84. The van der Waals surface area contributed by atoms with Crippen molar-refractivity contribution in [3.63, 3.8) is 0 Å². The lowest BCUT2D eigenvalue weighted by Crippen LogP contribution is -2.03. The average Bonchev–Trinajstić information content (AvgIpc) is 1.88. The molecule has 0 aromatic heterocycles. The highest BCUT2D eigenvalue weighted by atomic mass is 16.6. The van der Waals surface area contributed by atoms with Crippen molar-refractivity contribution in [3.05, 3.63) is 18.2 Å². The summed E-state index contributed by atoms with van der Waals surface area (Å²) in [5, 5.41) is 8.86. The van der Waals surface area contributed by atoms with Crippen molar-refractivity contribution in [2.75, 3.05) is 5.73 Å². The molecule has 1 aromatic rings. The molecule has 10 heavy (non-hydrogen) atoms. The van der Waals surface area contributed by atoms with Gasteiger partial charge in [0.1, 0.15) is 5.75 Å². The number of anilines is 1. The molecule has 0 atom stereocenters. The van der Waals surface area contributed by atoms with E-state index in [1.165, 1.54) is 18.2 Å². The monoisotopic (exact) mass is 140 g/mol. The van der Waals surface area contributed by atoms with Gasteiger partial charge in [0.15, 0.2) is 5.75 Å². The van der Waals surface area contributed by atoms with Gasteiger partial charge in [-0.15, -0.1) is 0 Å². The van der Waals surface area contributed by atoms with Gasteiger partial charge >= 0.3 is 0 Å². The number of nitrogens with two attached hydrogens (primary N) is 2. The molecule has 0 amide bonds. The van der Waals surface area contributed by atoms with Crippen LogP contribution < -0.4 is 16.5 Å². The van der Waals surface area contributed by atoms with E-state index in [1.54, 1.807) is 0 Å². The Balaban J connectivity index is 3.07. The lowest BCUT2D eigenvalue weighted by atomic mass is 10.3. The molecular weight excluding hydrogens is 132 g/mol. The van der Waals surface area contributed by atoms with Crippen molar-refractivity contribution in [2.45, 2.75) is 0 Å².